The molecule has 1 aliphatic carbocycles. The van der Waals surface area contributed by atoms with Gasteiger partial charge in [0.1, 0.15) is 10.1 Å². The fourth-order valence-electron chi connectivity index (χ4n) is 1.95. The Hall–Kier alpha value is -1.84. The van der Waals surface area contributed by atoms with Crippen molar-refractivity contribution in [2.75, 3.05) is 0 Å². The van der Waals surface area contributed by atoms with E-state index in [1.54, 1.807) is 6.92 Å². The lowest BCUT2D eigenvalue weighted by Crippen LogP contribution is -2.23. The molecule has 0 aromatic carbocycles. The summed E-state index contributed by atoms with van der Waals surface area (Å²) in [4.78, 5) is 0. The molecule has 0 bridgehead atoms. The second-order valence-corrected chi connectivity index (χ2v) is 5.99. The van der Waals surface area contributed by atoms with Crippen LogP contribution in [0.3, 0.4) is 0 Å². The minimum Gasteiger partial charge on any atom is -0.747 e. The van der Waals surface area contributed by atoms with Crippen LogP contribution in [0.25, 0.3) is 0 Å². The van der Waals surface area contributed by atoms with Crippen molar-refractivity contribution < 1.29 is 30.9 Å². The zero-order valence-electron chi connectivity index (χ0n) is 11.7. The average molecular weight is 337 g/mol. The maximum absolute atomic E-state index is 12.6. The van der Waals surface area contributed by atoms with Crippen molar-refractivity contribution in [3.05, 3.63) is 59.1 Å². The molecule has 0 spiro atoms. The van der Waals surface area contributed by atoms with Crippen LogP contribution in [0.4, 0.5) is 13.2 Å². The van der Waals surface area contributed by atoms with Gasteiger partial charge in [0.15, 0.2) is 0 Å². The zero-order valence-corrected chi connectivity index (χ0v) is 12.5. The van der Waals surface area contributed by atoms with Crippen LogP contribution >= 0.6 is 0 Å². The largest absolute Gasteiger partial charge is 0.747 e. The van der Waals surface area contributed by atoms with Crippen molar-refractivity contribution in [2.45, 2.75) is 18.3 Å². The van der Waals surface area contributed by atoms with Gasteiger partial charge in [0.25, 0.3) is 0 Å². The van der Waals surface area contributed by atoms with Gasteiger partial charge in [-0.1, -0.05) is 23.8 Å². The Balaban J connectivity index is 0.00000242. The quantitative estimate of drug-likeness (QED) is 0.743. The van der Waals surface area contributed by atoms with Crippen LogP contribution in [0, 0.1) is 0 Å². The van der Waals surface area contributed by atoms with E-state index in [1.807, 2.05) is 0 Å². The first-order valence-corrected chi connectivity index (χ1v) is 7.23. The standard InChI is InChI=1S/C13H11F3O4S.H3N/c1-8-2-3-11(21(17,18)19)10(6-8)9-4-5-20-12(7-9)13(14,15)16;/h2-7,11H,1H3,(H,17,18,19);1H3. The van der Waals surface area contributed by atoms with Crippen LogP contribution in [0.15, 0.2) is 59.1 Å². The molecule has 2 rings (SSSR count). The first kappa shape index (κ1) is 18.2. The van der Waals surface area contributed by atoms with Gasteiger partial charge in [0.05, 0.1) is 11.5 Å². The molecule has 0 saturated carbocycles. The van der Waals surface area contributed by atoms with E-state index in [9.17, 15) is 26.1 Å². The number of alkyl halides is 3. The van der Waals surface area contributed by atoms with Crippen LogP contribution in [-0.4, -0.2) is 24.4 Å². The molecule has 0 aromatic heterocycles. The van der Waals surface area contributed by atoms with Gasteiger partial charge in [-0.2, -0.15) is 13.2 Å². The molecule has 1 heterocycles. The maximum atomic E-state index is 12.6. The number of allylic oxidation sites excluding steroid dienone is 7. The highest BCUT2D eigenvalue weighted by molar-refractivity contribution is 7.86. The Morgan fingerprint density at radius 1 is 1.23 bits per heavy atom. The average Bonchev–Trinajstić information content (AvgIpc) is 2.36. The zero-order chi connectivity index (χ0) is 15.8. The fraction of sp³-hybridized carbons (Fsp3) is 0.231. The predicted octanol–water partition coefficient (Wildman–Crippen LogP) is 3.08. The molecule has 1 unspecified atom stereocenters. The fourth-order valence-corrected chi connectivity index (χ4v) is 2.74. The summed E-state index contributed by atoms with van der Waals surface area (Å²) in [5.41, 5.74) is 0.590. The lowest BCUT2D eigenvalue weighted by atomic mass is 9.96. The summed E-state index contributed by atoms with van der Waals surface area (Å²) in [5.74, 6) is -1.27. The molecule has 1 atom stereocenters. The van der Waals surface area contributed by atoms with Crippen LogP contribution in [-0.2, 0) is 14.9 Å². The minimum absolute atomic E-state index is 0. The van der Waals surface area contributed by atoms with Crippen LogP contribution in [0.2, 0.25) is 0 Å². The highest BCUT2D eigenvalue weighted by Gasteiger charge is 2.37. The van der Waals surface area contributed by atoms with E-state index < -0.39 is 27.3 Å². The normalized spacial score (nSPS) is 25.0. The van der Waals surface area contributed by atoms with E-state index in [1.165, 1.54) is 18.2 Å². The molecule has 0 amide bonds. The lowest BCUT2D eigenvalue weighted by molar-refractivity contribution is -0.122. The van der Waals surface area contributed by atoms with Crippen molar-refractivity contribution in [1.29, 1.82) is 0 Å². The number of halogens is 3. The topological polar surface area (TPSA) is 103 Å². The summed E-state index contributed by atoms with van der Waals surface area (Å²) >= 11 is 0. The molecule has 9 heteroatoms. The van der Waals surface area contributed by atoms with E-state index in [2.05, 4.69) is 4.74 Å². The molecule has 5 nitrogen and oxygen atoms in total. The molecule has 0 aromatic rings. The van der Waals surface area contributed by atoms with Crippen LogP contribution in [0.1, 0.15) is 6.92 Å². The van der Waals surface area contributed by atoms with Gasteiger partial charge in [-0.15, -0.1) is 0 Å². The summed E-state index contributed by atoms with van der Waals surface area (Å²) in [6, 6.07) is 0. The summed E-state index contributed by atoms with van der Waals surface area (Å²) in [7, 11) is -4.73. The molecular weight excluding hydrogens is 323 g/mol. The molecule has 0 radical (unpaired) electrons. The lowest BCUT2D eigenvalue weighted by Gasteiger charge is -2.24. The van der Waals surface area contributed by atoms with E-state index in [-0.39, 0.29) is 17.3 Å². The SMILES string of the molecule is CC1=CC(=C2C=COC(C(F)(F)F)=C2)C(S(=O)(=O)[O-])C=C1.[NH4+]. The van der Waals surface area contributed by atoms with Crippen molar-refractivity contribution in [3.8, 4) is 0 Å². The number of rotatable bonds is 1. The number of ether oxygens (including phenoxy) is 1. The molecule has 1 aliphatic heterocycles. The predicted molar refractivity (Wildman–Crippen MR) is 73.8 cm³/mol. The van der Waals surface area contributed by atoms with Gasteiger partial charge in [0.2, 0.25) is 5.76 Å². The van der Waals surface area contributed by atoms with E-state index in [0.29, 0.717) is 11.6 Å². The third kappa shape index (κ3) is 3.87. The van der Waals surface area contributed by atoms with Gasteiger partial charge in [-0.25, -0.2) is 8.42 Å². The molecular formula is C13H14F3NO4S. The van der Waals surface area contributed by atoms with Gasteiger partial charge in [-0.3, -0.25) is 0 Å². The molecule has 4 N–H and O–H groups in total. The molecule has 122 valence electrons. The molecule has 22 heavy (non-hydrogen) atoms. The van der Waals surface area contributed by atoms with Crippen LogP contribution < -0.4 is 6.15 Å². The molecule has 0 fully saturated rings. The Kier molecular flexibility index (Phi) is 5.06. The highest BCUT2D eigenvalue weighted by atomic mass is 32.2. The summed E-state index contributed by atoms with van der Waals surface area (Å²) in [6.45, 7) is 1.64. The monoisotopic (exact) mass is 337 g/mol. The second-order valence-electron chi connectivity index (χ2n) is 4.50. The third-order valence-electron chi connectivity index (χ3n) is 2.88. The molecule has 2 aliphatic rings. The van der Waals surface area contributed by atoms with Crippen molar-refractivity contribution in [3.63, 3.8) is 0 Å². The van der Waals surface area contributed by atoms with Crippen LogP contribution in [0.5, 0.6) is 0 Å². The Labute approximate surface area is 125 Å². The van der Waals surface area contributed by atoms with Crippen molar-refractivity contribution >= 4 is 10.1 Å². The number of hydrogen-bond acceptors (Lipinski definition) is 4. The Bertz CT molecular complexity index is 712. The second kappa shape index (κ2) is 6.11. The third-order valence-corrected chi connectivity index (χ3v) is 3.91. The first-order valence-electron chi connectivity index (χ1n) is 5.76. The first-order chi connectivity index (χ1) is 9.59. The van der Waals surface area contributed by atoms with Crippen molar-refractivity contribution in [1.82, 2.24) is 6.15 Å². The maximum Gasteiger partial charge on any atom is 0.449 e. The smallest absolute Gasteiger partial charge is 0.449 e. The van der Waals surface area contributed by atoms with Gasteiger partial charge >= 0.3 is 6.18 Å². The highest BCUT2D eigenvalue weighted by Crippen LogP contribution is 2.33. The van der Waals surface area contributed by atoms with Gasteiger partial charge < -0.3 is 15.4 Å². The summed E-state index contributed by atoms with van der Waals surface area (Å²) in [6.07, 6.45) is 1.93. The summed E-state index contributed by atoms with van der Waals surface area (Å²) in [5, 5.41) is -1.52. The van der Waals surface area contributed by atoms with E-state index in [4.69, 9.17) is 0 Å². The Morgan fingerprint density at radius 2 is 1.86 bits per heavy atom. The Morgan fingerprint density at radius 3 is 2.41 bits per heavy atom. The van der Waals surface area contributed by atoms with E-state index >= 15 is 0 Å². The number of hydrogen-bond donors (Lipinski definition) is 1. The minimum atomic E-state index is -4.73. The van der Waals surface area contributed by atoms with Crippen molar-refractivity contribution in [2.24, 2.45) is 0 Å². The van der Waals surface area contributed by atoms with Gasteiger partial charge in [-0.05, 0) is 30.2 Å². The van der Waals surface area contributed by atoms with Gasteiger partial charge in [0, 0.05) is 0 Å². The van der Waals surface area contributed by atoms with E-state index in [0.717, 1.165) is 12.3 Å². The molecule has 0 saturated heterocycles. The summed E-state index contributed by atoms with van der Waals surface area (Å²) < 4.78 is 76.0. The number of quaternary nitrogens is 1.